The van der Waals surface area contributed by atoms with Crippen molar-refractivity contribution in [1.82, 2.24) is 14.4 Å². The summed E-state index contributed by atoms with van der Waals surface area (Å²) >= 11 is 0. The minimum atomic E-state index is -3.88. The van der Waals surface area contributed by atoms with Gasteiger partial charge in [0.25, 0.3) is 0 Å². The topological polar surface area (TPSA) is 93.0 Å². The average Bonchev–Trinajstić information content (AvgIpc) is 3.19. The normalized spacial score (nSPS) is 20.2. The monoisotopic (exact) mass is 487 g/mol. The van der Waals surface area contributed by atoms with Gasteiger partial charge in [-0.25, -0.2) is 8.42 Å². The summed E-state index contributed by atoms with van der Waals surface area (Å²) in [5.41, 5.74) is 4.73. The van der Waals surface area contributed by atoms with E-state index in [1.165, 1.54) is 9.87 Å². The highest BCUT2D eigenvalue weighted by Crippen LogP contribution is 2.30. The highest BCUT2D eigenvalue weighted by molar-refractivity contribution is 7.89. The number of morpholine rings is 1. The fraction of sp³-hybridized carbons (Fsp3) is 0.520. The average molecular weight is 488 g/mol. The van der Waals surface area contributed by atoms with Gasteiger partial charge in [0.1, 0.15) is 5.69 Å². The first kappa shape index (κ1) is 24.6. The van der Waals surface area contributed by atoms with Crippen LogP contribution < -0.4 is 0 Å². The molecule has 0 saturated carbocycles. The number of aryl methyl sites for hydroxylation is 4. The van der Waals surface area contributed by atoms with Crippen molar-refractivity contribution in [3.05, 3.63) is 45.8 Å². The highest BCUT2D eigenvalue weighted by Gasteiger charge is 2.38. The van der Waals surface area contributed by atoms with E-state index < -0.39 is 10.0 Å². The number of carbonyl (C=O) groups excluding carboxylic acids is 1. The van der Waals surface area contributed by atoms with Crippen LogP contribution in [0.2, 0.25) is 0 Å². The Morgan fingerprint density at radius 2 is 1.74 bits per heavy atom. The Balaban J connectivity index is 1.58. The molecule has 2 fully saturated rings. The maximum Gasteiger partial charge on any atom is 0.248 e. The summed E-state index contributed by atoms with van der Waals surface area (Å²) in [6.45, 7) is 10.4. The maximum absolute atomic E-state index is 13.7. The van der Waals surface area contributed by atoms with Gasteiger partial charge in [-0.05, 0) is 63.3 Å². The smallest absolute Gasteiger partial charge is 0.248 e. The van der Waals surface area contributed by atoms with Gasteiger partial charge >= 0.3 is 0 Å². The fourth-order valence-corrected chi connectivity index (χ4v) is 6.72. The van der Waals surface area contributed by atoms with E-state index in [9.17, 15) is 13.2 Å². The van der Waals surface area contributed by atoms with Gasteiger partial charge in [-0.2, -0.15) is 4.31 Å². The van der Waals surface area contributed by atoms with Gasteiger partial charge in [0.2, 0.25) is 15.9 Å². The second-order valence-corrected chi connectivity index (χ2v) is 11.1. The van der Waals surface area contributed by atoms with Crippen molar-refractivity contribution in [2.75, 3.05) is 39.4 Å². The predicted octanol–water partition coefficient (Wildman–Crippen LogP) is 3.34. The number of piperidine rings is 1. The van der Waals surface area contributed by atoms with Gasteiger partial charge < -0.3 is 14.2 Å². The minimum absolute atomic E-state index is 0.00989. The number of hydrogen-bond donors (Lipinski definition) is 0. The molecule has 1 atom stereocenters. The summed E-state index contributed by atoms with van der Waals surface area (Å²) in [4.78, 5) is 14.9. The third kappa shape index (κ3) is 4.96. The van der Waals surface area contributed by atoms with E-state index in [0.717, 1.165) is 16.7 Å². The molecule has 2 aliphatic rings. The Morgan fingerprint density at radius 3 is 2.41 bits per heavy atom. The molecule has 8 nitrogen and oxygen atoms in total. The Kier molecular flexibility index (Phi) is 7.25. The lowest BCUT2D eigenvalue weighted by molar-refractivity contribution is -0.140. The zero-order valence-electron chi connectivity index (χ0n) is 20.3. The molecule has 0 bridgehead atoms. The summed E-state index contributed by atoms with van der Waals surface area (Å²) < 4.78 is 39.5. The van der Waals surface area contributed by atoms with Gasteiger partial charge in [0.15, 0.2) is 10.7 Å². The van der Waals surface area contributed by atoms with Crippen molar-refractivity contribution in [2.45, 2.75) is 45.4 Å². The third-order valence-corrected chi connectivity index (χ3v) is 8.65. The molecule has 0 spiro atoms. The lowest BCUT2D eigenvalue weighted by Crippen LogP contribution is -2.49. The summed E-state index contributed by atoms with van der Waals surface area (Å²) in [6.07, 6.45) is 4.88. The molecule has 3 heterocycles. The fourth-order valence-electron chi connectivity index (χ4n) is 4.95. The van der Waals surface area contributed by atoms with Crippen LogP contribution in [0.5, 0.6) is 0 Å². The molecule has 1 aromatic carbocycles. The molecule has 4 rings (SSSR count). The van der Waals surface area contributed by atoms with E-state index in [0.29, 0.717) is 51.4 Å². The summed E-state index contributed by atoms with van der Waals surface area (Å²) in [5, 5.41) is 3.96. The summed E-state index contributed by atoms with van der Waals surface area (Å²) in [5.74, 6) is -0.132. The third-order valence-electron chi connectivity index (χ3n) is 6.63. The zero-order valence-corrected chi connectivity index (χ0v) is 21.2. The van der Waals surface area contributed by atoms with Crippen LogP contribution in [0.4, 0.5) is 0 Å². The van der Waals surface area contributed by atoms with Crippen LogP contribution in [-0.4, -0.2) is 68.1 Å². The standard InChI is InChI=1S/C25H33N3O5S/c1-17-14-18(2)22(19(3)15-17)7-8-23-24(20(4)26-33-23)34(30,31)28-9-5-6-21(16-28)25(29)27-10-12-32-13-11-27/h7-8,14-15,21H,5-6,9-13,16H2,1-4H3/b8-7+/t21-/m1/s1. The van der Waals surface area contributed by atoms with Crippen molar-refractivity contribution < 1.29 is 22.5 Å². The van der Waals surface area contributed by atoms with Gasteiger partial charge in [0, 0.05) is 26.2 Å². The lowest BCUT2D eigenvalue weighted by atomic mass is 9.98. The molecular formula is C25H33N3O5S. The van der Waals surface area contributed by atoms with E-state index >= 15 is 0 Å². The first-order valence-corrected chi connectivity index (χ1v) is 13.2. The first-order valence-electron chi connectivity index (χ1n) is 11.8. The van der Waals surface area contributed by atoms with Crippen molar-refractivity contribution in [3.8, 4) is 0 Å². The van der Waals surface area contributed by atoms with Gasteiger partial charge in [-0.1, -0.05) is 28.9 Å². The Hall–Kier alpha value is -2.49. The van der Waals surface area contributed by atoms with Crippen molar-refractivity contribution >= 4 is 28.1 Å². The second-order valence-electron chi connectivity index (χ2n) is 9.25. The number of benzene rings is 1. The predicted molar refractivity (Wildman–Crippen MR) is 130 cm³/mol. The summed E-state index contributed by atoms with van der Waals surface area (Å²) in [6, 6.07) is 4.19. The van der Waals surface area contributed by atoms with Crippen LogP contribution in [0.3, 0.4) is 0 Å². The van der Waals surface area contributed by atoms with E-state index in [2.05, 4.69) is 17.3 Å². The molecule has 34 heavy (non-hydrogen) atoms. The molecule has 1 amide bonds. The number of ether oxygens (including phenoxy) is 1. The second kappa shape index (κ2) is 10.0. The Bertz CT molecular complexity index is 1170. The zero-order chi connectivity index (χ0) is 24.5. The quantitative estimate of drug-likeness (QED) is 0.642. The molecule has 9 heteroatoms. The highest BCUT2D eigenvalue weighted by atomic mass is 32.2. The molecular weight excluding hydrogens is 454 g/mol. The minimum Gasteiger partial charge on any atom is -0.378 e. The Labute approximate surface area is 201 Å². The molecule has 0 N–H and O–H groups in total. The van der Waals surface area contributed by atoms with Gasteiger partial charge in [0.05, 0.1) is 19.1 Å². The van der Waals surface area contributed by atoms with Crippen LogP contribution >= 0.6 is 0 Å². The van der Waals surface area contributed by atoms with Crippen LogP contribution in [0.15, 0.2) is 21.6 Å². The van der Waals surface area contributed by atoms with E-state index in [-0.39, 0.29) is 29.0 Å². The number of aromatic nitrogens is 1. The maximum atomic E-state index is 13.7. The molecule has 2 aromatic rings. The van der Waals surface area contributed by atoms with E-state index in [1.807, 2.05) is 26.8 Å². The number of sulfonamides is 1. The molecule has 0 radical (unpaired) electrons. The van der Waals surface area contributed by atoms with Crippen LogP contribution in [0.25, 0.3) is 12.2 Å². The van der Waals surface area contributed by atoms with Crippen LogP contribution in [-0.2, 0) is 19.6 Å². The molecule has 184 valence electrons. The summed E-state index contributed by atoms with van der Waals surface area (Å²) in [7, 11) is -3.88. The van der Waals surface area contributed by atoms with Gasteiger partial charge in [-0.3, -0.25) is 4.79 Å². The molecule has 2 saturated heterocycles. The van der Waals surface area contributed by atoms with Gasteiger partial charge in [-0.15, -0.1) is 0 Å². The Morgan fingerprint density at radius 1 is 1.06 bits per heavy atom. The number of nitrogens with zero attached hydrogens (tertiary/aromatic N) is 3. The number of hydrogen-bond acceptors (Lipinski definition) is 6. The molecule has 1 aromatic heterocycles. The number of amides is 1. The first-order chi connectivity index (χ1) is 16.2. The van der Waals surface area contributed by atoms with E-state index in [4.69, 9.17) is 9.26 Å². The molecule has 0 aliphatic carbocycles. The van der Waals surface area contributed by atoms with Crippen molar-refractivity contribution in [1.29, 1.82) is 0 Å². The largest absolute Gasteiger partial charge is 0.378 e. The molecule has 0 unspecified atom stereocenters. The van der Waals surface area contributed by atoms with Crippen LogP contribution in [0.1, 0.15) is 46.5 Å². The van der Waals surface area contributed by atoms with Crippen molar-refractivity contribution in [2.24, 2.45) is 5.92 Å². The van der Waals surface area contributed by atoms with Crippen LogP contribution in [0, 0.1) is 33.6 Å². The van der Waals surface area contributed by atoms with E-state index in [1.54, 1.807) is 17.9 Å². The molecule has 2 aliphatic heterocycles. The van der Waals surface area contributed by atoms with Crippen molar-refractivity contribution in [3.63, 3.8) is 0 Å². The number of rotatable bonds is 5. The SMILES string of the molecule is Cc1cc(C)c(/C=C/c2onc(C)c2S(=O)(=O)N2CCC[C@@H](C(=O)N3CCOCC3)C2)c(C)c1. The lowest BCUT2D eigenvalue weighted by Gasteiger charge is -2.35. The number of carbonyl (C=O) groups is 1.